The first-order chi connectivity index (χ1) is 4.52. The average Bonchev–Trinajstić information content (AvgIpc) is 1.58. The smallest absolute Gasteiger partial charge is 0.0910 e. The zero-order chi connectivity index (χ0) is 8.15. The van der Waals surface area contributed by atoms with Crippen LogP contribution in [0, 0.1) is 5.92 Å². The highest BCUT2D eigenvalue weighted by molar-refractivity contribution is 6.69. The molecular formula is C7H16Cl2Si. The molecule has 0 radical (unpaired) electrons. The second-order valence-electron chi connectivity index (χ2n) is 3.36. The summed E-state index contributed by atoms with van der Waals surface area (Å²) in [5.74, 6) is 0.787. The van der Waals surface area contributed by atoms with Gasteiger partial charge in [0, 0.05) is 0 Å². The van der Waals surface area contributed by atoms with Crippen LogP contribution >= 0.6 is 23.2 Å². The Bertz CT molecular complexity index is 73.7. The Balaban J connectivity index is 3.34. The molecule has 3 heteroatoms. The quantitative estimate of drug-likeness (QED) is 0.482. The molecule has 0 aromatic carbocycles. The van der Waals surface area contributed by atoms with Crippen LogP contribution in [0.1, 0.15) is 27.2 Å². The molecule has 0 saturated carbocycles. The predicted octanol–water partition coefficient (Wildman–Crippen LogP) is 2.77. The molecule has 0 N–H and O–H groups in total. The first-order valence-corrected chi connectivity index (χ1v) is 6.31. The summed E-state index contributed by atoms with van der Waals surface area (Å²) >= 11 is 11.4. The van der Waals surface area contributed by atoms with Crippen molar-refractivity contribution in [2.75, 3.05) is 0 Å². The third-order valence-electron chi connectivity index (χ3n) is 1.45. The van der Waals surface area contributed by atoms with Crippen molar-refractivity contribution < 1.29 is 0 Å². The third kappa shape index (κ3) is 6.91. The largest absolute Gasteiger partial charge is 0.110 e. The van der Waals surface area contributed by atoms with Crippen LogP contribution in [0.25, 0.3) is 0 Å². The first kappa shape index (κ1) is 10.8. The molecule has 0 rings (SSSR count). The molecule has 10 heavy (non-hydrogen) atoms. The van der Waals surface area contributed by atoms with Crippen molar-refractivity contribution >= 4 is 32.7 Å². The fraction of sp³-hybridized carbons (Fsp3) is 1.00. The van der Waals surface area contributed by atoms with E-state index >= 15 is 0 Å². The summed E-state index contributed by atoms with van der Waals surface area (Å²) in [5.41, 5.74) is 0.792. The molecule has 0 aliphatic rings. The Hall–Kier alpha value is 0.797. The van der Waals surface area contributed by atoms with Crippen LogP contribution in [0.5, 0.6) is 0 Å². The van der Waals surface area contributed by atoms with Gasteiger partial charge in [0.25, 0.3) is 0 Å². The summed E-state index contributed by atoms with van der Waals surface area (Å²) in [6.45, 7) is 6.73. The summed E-state index contributed by atoms with van der Waals surface area (Å²) in [6, 6.07) is 0. The fourth-order valence-electron chi connectivity index (χ4n) is 1.21. The van der Waals surface area contributed by atoms with E-state index in [-0.39, 0.29) is 14.0 Å². The molecule has 0 heterocycles. The number of hydrogen-bond donors (Lipinski definition) is 0. The van der Waals surface area contributed by atoms with Gasteiger partial charge >= 0.3 is 0 Å². The van der Waals surface area contributed by atoms with Gasteiger partial charge in [0.2, 0.25) is 0 Å². The van der Waals surface area contributed by atoms with Gasteiger partial charge in [0.15, 0.2) is 0 Å². The molecule has 0 spiro atoms. The monoisotopic (exact) mass is 198 g/mol. The normalized spacial score (nSPS) is 15.9. The predicted molar refractivity (Wildman–Crippen MR) is 52.9 cm³/mol. The highest BCUT2D eigenvalue weighted by atomic mass is 35.5. The van der Waals surface area contributed by atoms with Gasteiger partial charge in [-0.2, -0.15) is 0 Å². The maximum absolute atomic E-state index is 5.68. The molecule has 1 unspecified atom stereocenters. The van der Waals surface area contributed by atoms with Gasteiger partial charge in [-0.15, -0.1) is 23.2 Å². The molecule has 0 aliphatic heterocycles. The highest BCUT2D eigenvalue weighted by Crippen LogP contribution is 2.18. The molecule has 0 saturated heterocycles. The van der Waals surface area contributed by atoms with Crippen LogP contribution in [0.3, 0.4) is 0 Å². The molecular weight excluding hydrogens is 183 g/mol. The average molecular weight is 199 g/mol. The van der Waals surface area contributed by atoms with Crippen molar-refractivity contribution in [1.82, 2.24) is 0 Å². The number of halogens is 2. The van der Waals surface area contributed by atoms with Gasteiger partial charge in [-0.3, -0.25) is 0 Å². The molecule has 0 fully saturated rings. The van der Waals surface area contributed by atoms with E-state index in [2.05, 4.69) is 20.8 Å². The number of alkyl halides is 2. The van der Waals surface area contributed by atoms with Gasteiger partial charge in [-0.05, 0) is 5.92 Å². The van der Waals surface area contributed by atoms with Crippen molar-refractivity contribution in [2.24, 2.45) is 5.92 Å². The molecule has 0 amide bonds. The van der Waals surface area contributed by atoms with Gasteiger partial charge < -0.3 is 0 Å². The van der Waals surface area contributed by atoms with Gasteiger partial charge in [-0.1, -0.05) is 32.7 Å². The minimum Gasteiger partial charge on any atom is -0.110 e. The van der Waals surface area contributed by atoms with E-state index in [0.717, 1.165) is 11.5 Å². The molecule has 0 bridgehead atoms. The Kier molecular flexibility index (Phi) is 5.88. The van der Waals surface area contributed by atoms with Gasteiger partial charge in [0.1, 0.15) is 0 Å². The number of hydrogen-bond acceptors (Lipinski definition) is 0. The topological polar surface area (TPSA) is 0 Å². The molecule has 0 aliphatic carbocycles. The maximum atomic E-state index is 5.68. The third-order valence-corrected chi connectivity index (χ3v) is 4.02. The zero-order valence-corrected chi connectivity index (χ0v) is 9.83. The summed E-state index contributed by atoms with van der Waals surface area (Å²) < 4.78 is -0.0475. The van der Waals surface area contributed by atoms with Crippen LogP contribution < -0.4 is 0 Å². The Morgan fingerprint density at radius 1 is 1.20 bits per heavy atom. The van der Waals surface area contributed by atoms with Gasteiger partial charge in [-0.25, -0.2) is 0 Å². The molecule has 0 aromatic heterocycles. The van der Waals surface area contributed by atoms with Gasteiger partial charge in [0.05, 0.1) is 14.0 Å². The first-order valence-electron chi connectivity index (χ1n) is 3.80. The van der Waals surface area contributed by atoms with Crippen molar-refractivity contribution in [3.05, 3.63) is 0 Å². The van der Waals surface area contributed by atoms with Crippen molar-refractivity contribution in [1.29, 1.82) is 0 Å². The summed E-state index contributed by atoms with van der Waals surface area (Å²) in [4.78, 5) is 0. The highest BCUT2D eigenvalue weighted by Gasteiger charge is 2.09. The molecule has 62 valence electrons. The lowest BCUT2D eigenvalue weighted by molar-refractivity contribution is 0.573. The van der Waals surface area contributed by atoms with Crippen molar-refractivity contribution in [2.45, 2.75) is 37.2 Å². The molecule has 0 nitrogen and oxygen atoms in total. The van der Waals surface area contributed by atoms with E-state index in [1.807, 2.05) is 0 Å². The second-order valence-corrected chi connectivity index (χ2v) is 8.36. The Morgan fingerprint density at radius 2 is 1.70 bits per heavy atom. The minimum absolute atomic E-state index is 0.0475. The number of rotatable bonds is 4. The van der Waals surface area contributed by atoms with Crippen LogP contribution in [0.2, 0.25) is 5.54 Å². The standard InChI is InChI=1S/C7H16Cl2Si/c1-5(2)4-6(3)10-7(8)9/h5-7H,4,10H2,1-3H3. The van der Waals surface area contributed by atoms with E-state index in [9.17, 15) is 0 Å². The van der Waals surface area contributed by atoms with E-state index in [1.54, 1.807) is 0 Å². The maximum Gasteiger partial charge on any atom is 0.0910 e. The second kappa shape index (κ2) is 5.45. The summed E-state index contributed by atoms with van der Waals surface area (Å²) in [5, 5.41) is 0. The van der Waals surface area contributed by atoms with E-state index in [1.165, 1.54) is 6.42 Å². The van der Waals surface area contributed by atoms with E-state index < -0.39 is 0 Å². The van der Waals surface area contributed by atoms with E-state index in [4.69, 9.17) is 23.2 Å². The molecule has 0 aromatic rings. The lowest BCUT2D eigenvalue weighted by Gasteiger charge is -2.12. The fourth-order valence-corrected chi connectivity index (χ4v) is 4.50. The van der Waals surface area contributed by atoms with Crippen molar-refractivity contribution in [3.63, 3.8) is 0 Å². The lowest BCUT2D eigenvalue weighted by Crippen LogP contribution is -2.10. The lowest BCUT2D eigenvalue weighted by atomic mass is 10.1. The summed E-state index contributed by atoms with van der Waals surface area (Å²) in [7, 11) is -0.241. The van der Waals surface area contributed by atoms with Crippen LogP contribution in [0.4, 0.5) is 0 Å². The Labute approximate surface area is 76.1 Å². The Morgan fingerprint density at radius 3 is 2.00 bits per heavy atom. The minimum atomic E-state index is -0.241. The van der Waals surface area contributed by atoms with Crippen molar-refractivity contribution in [3.8, 4) is 0 Å². The SMILES string of the molecule is CC(C)CC(C)[SiH2]C(Cl)Cl. The zero-order valence-electron chi connectivity index (χ0n) is 6.90. The van der Waals surface area contributed by atoms with Crippen LogP contribution in [-0.2, 0) is 0 Å². The van der Waals surface area contributed by atoms with Crippen LogP contribution in [-0.4, -0.2) is 14.0 Å². The summed E-state index contributed by atoms with van der Waals surface area (Å²) in [6.07, 6.45) is 1.28. The van der Waals surface area contributed by atoms with E-state index in [0.29, 0.717) is 0 Å². The van der Waals surface area contributed by atoms with Crippen LogP contribution in [0.15, 0.2) is 0 Å². The molecule has 1 atom stereocenters.